The van der Waals surface area contributed by atoms with Gasteiger partial charge in [-0.1, -0.05) is 25.1 Å². The molecule has 1 aromatic carbocycles. The second-order valence-electron chi connectivity index (χ2n) is 5.75. The highest BCUT2D eigenvalue weighted by Crippen LogP contribution is 2.19. The van der Waals surface area contributed by atoms with Crippen molar-refractivity contribution in [3.05, 3.63) is 52.2 Å². The Morgan fingerprint density at radius 3 is 2.76 bits per heavy atom. The number of hydrogen-bond acceptors (Lipinski definition) is 3. The normalized spacial score (nSPS) is 12.2. The van der Waals surface area contributed by atoms with Gasteiger partial charge in [0.2, 0.25) is 0 Å². The molecule has 6 heteroatoms. The van der Waals surface area contributed by atoms with E-state index in [1.807, 2.05) is 19.2 Å². The first-order chi connectivity index (χ1) is 11.7. The number of methoxy groups -OCH3 is 1. The van der Waals surface area contributed by atoms with Crippen molar-refractivity contribution >= 4 is 41.3 Å². The Morgan fingerprint density at radius 1 is 1.24 bits per heavy atom. The Kier molecular flexibility index (Phi) is 10.6. The van der Waals surface area contributed by atoms with E-state index >= 15 is 0 Å². The van der Waals surface area contributed by atoms with Crippen molar-refractivity contribution in [2.24, 2.45) is 4.99 Å². The summed E-state index contributed by atoms with van der Waals surface area (Å²) in [5, 5.41) is 8.90. The monoisotopic (exact) mass is 473 g/mol. The standard InChI is InChI=1S/C19H27N3OS.HI/c1-15(18-10-6-12-24-18)14-22-19(20-2)21-11-5-8-16-7-4-9-17(13-16)23-3;/h4,6-7,9-10,12-13,15H,5,8,11,14H2,1-3H3,(H2,20,21,22);1H. The first kappa shape index (κ1) is 21.8. The average molecular weight is 473 g/mol. The third-order valence-electron chi connectivity index (χ3n) is 3.90. The van der Waals surface area contributed by atoms with Crippen LogP contribution in [-0.2, 0) is 6.42 Å². The minimum absolute atomic E-state index is 0. The maximum Gasteiger partial charge on any atom is 0.190 e. The van der Waals surface area contributed by atoms with E-state index in [0.29, 0.717) is 5.92 Å². The van der Waals surface area contributed by atoms with E-state index in [9.17, 15) is 0 Å². The van der Waals surface area contributed by atoms with Crippen molar-refractivity contribution < 1.29 is 4.74 Å². The largest absolute Gasteiger partial charge is 0.497 e. The highest BCUT2D eigenvalue weighted by Gasteiger charge is 2.07. The van der Waals surface area contributed by atoms with Crippen LogP contribution in [0.2, 0.25) is 0 Å². The second kappa shape index (κ2) is 12.1. The Balaban J connectivity index is 0.00000312. The van der Waals surface area contributed by atoms with Gasteiger partial charge in [-0.15, -0.1) is 35.3 Å². The van der Waals surface area contributed by atoms with Gasteiger partial charge in [0.1, 0.15) is 5.75 Å². The first-order valence-electron chi connectivity index (χ1n) is 8.33. The number of hydrogen-bond donors (Lipinski definition) is 2. The number of aryl methyl sites for hydroxylation is 1. The summed E-state index contributed by atoms with van der Waals surface area (Å²) in [5.74, 6) is 2.27. The van der Waals surface area contributed by atoms with Crippen LogP contribution in [0.15, 0.2) is 46.8 Å². The predicted octanol–water partition coefficient (Wildman–Crippen LogP) is 4.28. The van der Waals surface area contributed by atoms with Crippen LogP contribution in [0.1, 0.15) is 29.7 Å². The van der Waals surface area contributed by atoms with Gasteiger partial charge in [0.15, 0.2) is 5.96 Å². The molecule has 2 rings (SSSR count). The lowest BCUT2D eigenvalue weighted by Crippen LogP contribution is -2.39. The van der Waals surface area contributed by atoms with Crippen LogP contribution in [0, 0.1) is 0 Å². The molecule has 2 N–H and O–H groups in total. The summed E-state index contributed by atoms with van der Waals surface area (Å²) in [6.07, 6.45) is 2.07. The molecule has 0 saturated heterocycles. The highest BCUT2D eigenvalue weighted by atomic mass is 127. The minimum atomic E-state index is 0. The third-order valence-corrected chi connectivity index (χ3v) is 5.00. The van der Waals surface area contributed by atoms with Gasteiger partial charge in [-0.3, -0.25) is 4.99 Å². The fraction of sp³-hybridized carbons (Fsp3) is 0.421. The van der Waals surface area contributed by atoms with E-state index in [-0.39, 0.29) is 24.0 Å². The lowest BCUT2D eigenvalue weighted by Gasteiger charge is -2.15. The van der Waals surface area contributed by atoms with Crippen LogP contribution in [-0.4, -0.2) is 33.2 Å². The number of rotatable bonds is 8. The Labute approximate surface area is 172 Å². The van der Waals surface area contributed by atoms with Crippen molar-refractivity contribution in [1.82, 2.24) is 10.6 Å². The summed E-state index contributed by atoms with van der Waals surface area (Å²) in [4.78, 5) is 5.69. The van der Waals surface area contributed by atoms with Gasteiger partial charge in [-0.2, -0.15) is 0 Å². The summed E-state index contributed by atoms with van der Waals surface area (Å²) in [6.45, 7) is 4.01. The van der Waals surface area contributed by atoms with Crippen LogP contribution >= 0.6 is 35.3 Å². The number of benzene rings is 1. The van der Waals surface area contributed by atoms with Crippen molar-refractivity contribution in [3.63, 3.8) is 0 Å². The molecule has 1 unspecified atom stereocenters. The number of guanidine groups is 1. The van der Waals surface area contributed by atoms with E-state index in [2.05, 4.69) is 52.2 Å². The molecular formula is C19H28IN3OS. The predicted molar refractivity (Wildman–Crippen MR) is 119 cm³/mol. The van der Waals surface area contributed by atoms with E-state index in [1.54, 1.807) is 18.4 Å². The van der Waals surface area contributed by atoms with Gasteiger partial charge in [0.25, 0.3) is 0 Å². The van der Waals surface area contributed by atoms with Crippen LogP contribution in [0.5, 0.6) is 5.75 Å². The maximum absolute atomic E-state index is 5.26. The molecule has 2 aromatic rings. The number of ether oxygens (including phenoxy) is 1. The third kappa shape index (κ3) is 7.64. The molecular weight excluding hydrogens is 445 g/mol. The molecule has 0 aliphatic rings. The molecule has 1 heterocycles. The zero-order valence-electron chi connectivity index (χ0n) is 15.1. The number of thiophene rings is 1. The van der Waals surface area contributed by atoms with Crippen molar-refractivity contribution in [2.75, 3.05) is 27.2 Å². The molecule has 0 radical (unpaired) electrons. The quantitative estimate of drug-likeness (QED) is 0.261. The summed E-state index contributed by atoms with van der Waals surface area (Å²) in [6, 6.07) is 12.5. The Bertz CT molecular complexity index is 631. The van der Waals surface area contributed by atoms with Gasteiger partial charge in [0, 0.05) is 30.9 Å². The summed E-state index contributed by atoms with van der Waals surface area (Å²) in [5.41, 5.74) is 1.30. The summed E-state index contributed by atoms with van der Waals surface area (Å²) < 4.78 is 5.26. The van der Waals surface area contributed by atoms with Gasteiger partial charge < -0.3 is 15.4 Å². The lowest BCUT2D eigenvalue weighted by atomic mass is 10.1. The fourth-order valence-electron chi connectivity index (χ4n) is 2.47. The topological polar surface area (TPSA) is 45.7 Å². The van der Waals surface area contributed by atoms with E-state index in [4.69, 9.17) is 4.74 Å². The van der Waals surface area contributed by atoms with Gasteiger partial charge in [-0.05, 0) is 42.0 Å². The first-order valence-corrected chi connectivity index (χ1v) is 9.21. The molecule has 4 nitrogen and oxygen atoms in total. The summed E-state index contributed by atoms with van der Waals surface area (Å²) in [7, 11) is 3.51. The SMILES string of the molecule is CN=C(NCCCc1cccc(OC)c1)NCC(C)c1cccs1.I. The smallest absolute Gasteiger partial charge is 0.190 e. The molecule has 1 aromatic heterocycles. The van der Waals surface area contributed by atoms with Crippen LogP contribution in [0.4, 0.5) is 0 Å². The van der Waals surface area contributed by atoms with Crippen molar-refractivity contribution in [1.29, 1.82) is 0 Å². The molecule has 1 atom stereocenters. The number of aliphatic imine (C=N–C) groups is 1. The molecule has 0 spiro atoms. The molecule has 138 valence electrons. The molecule has 0 fully saturated rings. The molecule has 0 aliphatic heterocycles. The number of nitrogens with one attached hydrogen (secondary N) is 2. The highest BCUT2D eigenvalue weighted by molar-refractivity contribution is 14.0. The van der Waals surface area contributed by atoms with Crippen LogP contribution in [0.3, 0.4) is 0 Å². The van der Waals surface area contributed by atoms with Gasteiger partial charge in [-0.25, -0.2) is 0 Å². The Morgan fingerprint density at radius 2 is 2.08 bits per heavy atom. The lowest BCUT2D eigenvalue weighted by molar-refractivity contribution is 0.414. The van der Waals surface area contributed by atoms with E-state index in [1.165, 1.54) is 10.4 Å². The molecule has 0 saturated carbocycles. The number of nitrogens with zero attached hydrogens (tertiary/aromatic N) is 1. The minimum Gasteiger partial charge on any atom is -0.497 e. The van der Waals surface area contributed by atoms with Crippen LogP contribution in [0.25, 0.3) is 0 Å². The van der Waals surface area contributed by atoms with E-state index in [0.717, 1.165) is 37.6 Å². The molecule has 0 bridgehead atoms. The van der Waals surface area contributed by atoms with E-state index < -0.39 is 0 Å². The molecule has 0 amide bonds. The van der Waals surface area contributed by atoms with Crippen molar-refractivity contribution in [3.8, 4) is 5.75 Å². The fourth-order valence-corrected chi connectivity index (χ4v) is 3.26. The second-order valence-corrected chi connectivity index (χ2v) is 6.73. The van der Waals surface area contributed by atoms with Crippen molar-refractivity contribution in [2.45, 2.75) is 25.7 Å². The molecule has 25 heavy (non-hydrogen) atoms. The molecule has 0 aliphatic carbocycles. The maximum atomic E-state index is 5.26. The zero-order chi connectivity index (χ0) is 17.2. The average Bonchev–Trinajstić information content (AvgIpc) is 3.16. The zero-order valence-corrected chi connectivity index (χ0v) is 18.3. The van der Waals surface area contributed by atoms with Crippen LogP contribution < -0.4 is 15.4 Å². The number of halogens is 1. The Hall–Kier alpha value is -1.28. The summed E-state index contributed by atoms with van der Waals surface area (Å²) >= 11 is 1.80. The van der Waals surface area contributed by atoms with Gasteiger partial charge >= 0.3 is 0 Å². The van der Waals surface area contributed by atoms with Gasteiger partial charge in [0.05, 0.1) is 7.11 Å².